The Morgan fingerprint density at radius 2 is 2.19 bits per heavy atom. The fourth-order valence-electron chi connectivity index (χ4n) is 2.22. The number of hydrogen-bond acceptors (Lipinski definition) is 7. The van der Waals surface area contributed by atoms with Crippen LogP contribution in [0.2, 0.25) is 0 Å². The van der Waals surface area contributed by atoms with E-state index in [4.69, 9.17) is 10.6 Å². The lowest BCUT2D eigenvalue weighted by Crippen LogP contribution is -2.43. The fraction of sp³-hybridized carbons (Fsp3) is 0.667. The molecule has 1 fully saturated rings. The summed E-state index contributed by atoms with van der Waals surface area (Å²) in [7, 11) is -3.59. The number of nitrogens with zero attached hydrogens (tertiary/aromatic N) is 3. The van der Waals surface area contributed by atoms with Crippen molar-refractivity contribution in [3.63, 3.8) is 0 Å². The molecule has 0 amide bonds. The predicted molar refractivity (Wildman–Crippen MR) is 77.9 cm³/mol. The lowest BCUT2D eigenvalue weighted by molar-refractivity contribution is 0.0193. The standard InChI is InChI=1S/C12H21N5O3S/c1-2-6-20-10-4-3-5-17(9-10)21(18,19)11-7-14-12(16-13)15-8-11/h7-8,10H,2-6,9,13H2,1H3,(H,14,15,16). The molecule has 3 N–H and O–H groups in total. The van der Waals surface area contributed by atoms with Gasteiger partial charge in [0.25, 0.3) is 0 Å². The van der Waals surface area contributed by atoms with E-state index in [0.29, 0.717) is 19.7 Å². The zero-order chi connectivity index (χ0) is 15.3. The highest BCUT2D eigenvalue weighted by Crippen LogP contribution is 2.21. The van der Waals surface area contributed by atoms with Crippen molar-refractivity contribution in [2.45, 2.75) is 37.2 Å². The SMILES string of the molecule is CCCOC1CCCN(S(=O)(=O)c2cnc(NN)nc2)C1. The molecule has 2 rings (SSSR count). The molecular formula is C12H21N5O3S. The molecule has 9 heteroatoms. The van der Waals surface area contributed by atoms with Gasteiger partial charge < -0.3 is 4.74 Å². The van der Waals surface area contributed by atoms with Gasteiger partial charge in [-0.3, -0.25) is 5.43 Å². The third kappa shape index (κ3) is 3.88. The van der Waals surface area contributed by atoms with Gasteiger partial charge >= 0.3 is 0 Å². The van der Waals surface area contributed by atoms with Crippen LogP contribution in [0, 0.1) is 0 Å². The van der Waals surface area contributed by atoms with Crippen molar-refractivity contribution >= 4 is 16.0 Å². The van der Waals surface area contributed by atoms with E-state index in [2.05, 4.69) is 15.4 Å². The summed E-state index contributed by atoms with van der Waals surface area (Å²) in [4.78, 5) is 7.75. The van der Waals surface area contributed by atoms with Crippen LogP contribution >= 0.6 is 0 Å². The number of piperidine rings is 1. The topological polar surface area (TPSA) is 110 Å². The first-order chi connectivity index (χ1) is 10.1. The van der Waals surface area contributed by atoms with Crippen LogP contribution in [-0.2, 0) is 14.8 Å². The highest BCUT2D eigenvalue weighted by Gasteiger charge is 2.31. The number of nitrogen functional groups attached to an aromatic ring is 1. The average Bonchev–Trinajstić information content (AvgIpc) is 2.53. The first-order valence-electron chi connectivity index (χ1n) is 6.98. The predicted octanol–water partition coefficient (Wildman–Crippen LogP) is 0.342. The van der Waals surface area contributed by atoms with Gasteiger partial charge in [-0.25, -0.2) is 24.2 Å². The minimum atomic E-state index is -3.59. The van der Waals surface area contributed by atoms with Crippen LogP contribution in [0.4, 0.5) is 5.95 Å². The summed E-state index contributed by atoms with van der Waals surface area (Å²) in [6.45, 7) is 3.55. The van der Waals surface area contributed by atoms with E-state index in [-0.39, 0.29) is 16.9 Å². The second-order valence-electron chi connectivity index (χ2n) is 4.88. The number of nitrogens with two attached hydrogens (primary N) is 1. The lowest BCUT2D eigenvalue weighted by Gasteiger charge is -2.31. The van der Waals surface area contributed by atoms with Crippen LogP contribution < -0.4 is 11.3 Å². The summed E-state index contributed by atoms with van der Waals surface area (Å²) < 4.78 is 32.2. The van der Waals surface area contributed by atoms with Crippen LogP contribution in [0.1, 0.15) is 26.2 Å². The third-order valence-corrected chi connectivity index (χ3v) is 5.11. The van der Waals surface area contributed by atoms with Crippen LogP contribution in [0.3, 0.4) is 0 Å². The maximum atomic E-state index is 12.5. The number of nitrogens with one attached hydrogen (secondary N) is 1. The maximum absolute atomic E-state index is 12.5. The molecule has 21 heavy (non-hydrogen) atoms. The van der Waals surface area contributed by atoms with E-state index in [9.17, 15) is 8.42 Å². The van der Waals surface area contributed by atoms with Crippen LogP contribution in [0.5, 0.6) is 0 Å². The number of rotatable bonds is 6. The molecule has 118 valence electrons. The van der Waals surface area contributed by atoms with Crippen molar-refractivity contribution < 1.29 is 13.2 Å². The van der Waals surface area contributed by atoms with Crippen molar-refractivity contribution in [1.82, 2.24) is 14.3 Å². The normalized spacial score (nSPS) is 20.4. The summed E-state index contributed by atoms with van der Waals surface area (Å²) in [5.74, 6) is 5.34. The minimum Gasteiger partial charge on any atom is -0.377 e. The van der Waals surface area contributed by atoms with E-state index < -0.39 is 10.0 Å². The van der Waals surface area contributed by atoms with Crippen molar-refractivity contribution in [2.24, 2.45) is 5.84 Å². The molecule has 0 bridgehead atoms. The Bertz CT molecular complexity index is 549. The maximum Gasteiger partial charge on any atom is 0.246 e. The van der Waals surface area contributed by atoms with Gasteiger partial charge in [-0.1, -0.05) is 6.92 Å². The number of aromatic nitrogens is 2. The number of hydrogen-bond donors (Lipinski definition) is 2. The smallest absolute Gasteiger partial charge is 0.246 e. The molecule has 1 unspecified atom stereocenters. The number of hydrazine groups is 1. The summed E-state index contributed by atoms with van der Waals surface area (Å²) in [6.07, 6.45) is 5.07. The van der Waals surface area contributed by atoms with Crippen molar-refractivity contribution in [2.75, 3.05) is 25.1 Å². The molecular weight excluding hydrogens is 294 g/mol. The number of sulfonamides is 1. The molecule has 0 radical (unpaired) electrons. The van der Waals surface area contributed by atoms with E-state index in [0.717, 1.165) is 19.3 Å². The van der Waals surface area contributed by atoms with Crippen LogP contribution in [0.25, 0.3) is 0 Å². The van der Waals surface area contributed by atoms with Gasteiger partial charge in [0.15, 0.2) is 0 Å². The Kier molecular flexibility index (Phi) is 5.45. The quantitative estimate of drug-likeness (QED) is 0.575. The van der Waals surface area contributed by atoms with Gasteiger partial charge in [-0.05, 0) is 19.3 Å². The van der Waals surface area contributed by atoms with Gasteiger partial charge in [0, 0.05) is 19.7 Å². The summed E-state index contributed by atoms with van der Waals surface area (Å²) >= 11 is 0. The molecule has 8 nitrogen and oxygen atoms in total. The number of ether oxygens (including phenoxy) is 1. The zero-order valence-corrected chi connectivity index (χ0v) is 12.8. The molecule has 1 atom stereocenters. The molecule has 0 aromatic carbocycles. The molecule has 1 saturated heterocycles. The second-order valence-corrected chi connectivity index (χ2v) is 6.82. The molecule has 0 aliphatic carbocycles. The first kappa shape index (κ1) is 16.1. The average molecular weight is 315 g/mol. The molecule has 2 heterocycles. The molecule has 1 aliphatic rings. The largest absolute Gasteiger partial charge is 0.377 e. The van der Waals surface area contributed by atoms with Gasteiger partial charge in [-0.15, -0.1) is 0 Å². The Morgan fingerprint density at radius 1 is 1.48 bits per heavy atom. The monoisotopic (exact) mass is 315 g/mol. The van der Waals surface area contributed by atoms with Crippen molar-refractivity contribution in [1.29, 1.82) is 0 Å². The number of anilines is 1. The Balaban J connectivity index is 2.10. The molecule has 0 saturated carbocycles. The molecule has 1 aromatic heterocycles. The fourth-order valence-corrected chi connectivity index (χ4v) is 3.62. The van der Waals surface area contributed by atoms with Gasteiger partial charge in [0.05, 0.1) is 18.5 Å². The summed E-state index contributed by atoms with van der Waals surface area (Å²) in [5, 5.41) is 0. The summed E-state index contributed by atoms with van der Waals surface area (Å²) in [6, 6.07) is 0. The van der Waals surface area contributed by atoms with E-state index >= 15 is 0 Å². The van der Waals surface area contributed by atoms with Gasteiger partial charge in [0.2, 0.25) is 16.0 Å². The van der Waals surface area contributed by atoms with Gasteiger partial charge in [0.1, 0.15) is 4.90 Å². The van der Waals surface area contributed by atoms with Crippen molar-refractivity contribution in [3.8, 4) is 0 Å². The Hall–Kier alpha value is -1.29. The highest BCUT2D eigenvalue weighted by molar-refractivity contribution is 7.89. The van der Waals surface area contributed by atoms with Crippen LogP contribution in [0.15, 0.2) is 17.3 Å². The minimum absolute atomic E-state index is 0.0422. The highest BCUT2D eigenvalue weighted by atomic mass is 32.2. The molecule has 1 aromatic rings. The second kappa shape index (κ2) is 7.12. The van der Waals surface area contributed by atoms with E-state index in [1.165, 1.54) is 16.7 Å². The lowest BCUT2D eigenvalue weighted by atomic mass is 10.1. The van der Waals surface area contributed by atoms with E-state index in [1.807, 2.05) is 6.92 Å². The Labute approximate surface area is 124 Å². The van der Waals surface area contributed by atoms with E-state index in [1.54, 1.807) is 0 Å². The van der Waals surface area contributed by atoms with Crippen molar-refractivity contribution in [3.05, 3.63) is 12.4 Å². The third-order valence-electron chi connectivity index (χ3n) is 3.29. The zero-order valence-electron chi connectivity index (χ0n) is 12.0. The summed E-state index contributed by atoms with van der Waals surface area (Å²) in [5.41, 5.74) is 2.26. The molecule has 0 spiro atoms. The Morgan fingerprint density at radius 3 is 2.81 bits per heavy atom. The molecule has 1 aliphatic heterocycles. The first-order valence-corrected chi connectivity index (χ1v) is 8.42. The van der Waals surface area contributed by atoms with Crippen LogP contribution in [-0.4, -0.2) is 48.5 Å². The van der Waals surface area contributed by atoms with Gasteiger partial charge in [-0.2, -0.15) is 4.31 Å².